The van der Waals surface area contributed by atoms with E-state index in [1.54, 1.807) is 11.3 Å². The Morgan fingerprint density at radius 2 is 2.24 bits per heavy atom. The van der Waals surface area contributed by atoms with Crippen LogP contribution in [0.2, 0.25) is 0 Å². The van der Waals surface area contributed by atoms with Crippen molar-refractivity contribution >= 4 is 22.9 Å². The van der Waals surface area contributed by atoms with E-state index in [1.807, 2.05) is 0 Å². The van der Waals surface area contributed by atoms with E-state index in [1.165, 1.54) is 37.2 Å². The molecule has 0 bridgehead atoms. The number of halogens is 1. The molecular formula is C13H21ClN2S. The number of alkyl halides is 1. The van der Waals surface area contributed by atoms with Crippen molar-refractivity contribution in [3.63, 3.8) is 0 Å². The predicted molar refractivity (Wildman–Crippen MR) is 74.9 cm³/mol. The number of likely N-dealkylation sites (N-methyl/N-ethyl adjacent to an activating group) is 1. The Balaban J connectivity index is 1.82. The zero-order valence-electron chi connectivity index (χ0n) is 10.5. The van der Waals surface area contributed by atoms with Gasteiger partial charge in [0, 0.05) is 24.4 Å². The minimum absolute atomic E-state index is 0.538. The zero-order valence-corrected chi connectivity index (χ0v) is 12.1. The molecule has 1 aliphatic rings. The van der Waals surface area contributed by atoms with Gasteiger partial charge < -0.3 is 4.90 Å². The summed E-state index contributed by atoms with van der Waals surface area (Å²) in [6.07, 6.45) is 6.67. The molecule has 0 atom stereocenters. The number of rotatable bonds is 6. The van der Waals surface area contributed by atoms with Crippen molar-refractivity contribution in [3.05, 3.63) is 16.1 Å². The topological polar surface area (TPSA) is 16.1 Å². The lowest BCUT2D eigenvalue weighted by Crippen LogP contribution is -2.34. The van der Waals surface area contributed by atoms with Crippen LogP contribution in [0.25, 0.3) is 0 Å². The third kappa shape index (κ3) is 3.67. The normalized spacial score (nSPS) is 17.1. The fourth-order valence-corrected chi connectivity index (χ4v) is 3.65. The van der Waals surface area contributed by atoms with Gasteiger partial charge in [-0.05, 0) is 19.4 Å². The van der Waals surface area contributed by atoms with E-state index >= 15 is 0 Å². The van der Waals surface area contributed by atoms with Crippen LogP contribution in [-0.2, 0) is 12.3 Å². The van der Waals surface area contributed by atoms with Crippen LogP contribution in [0.1, 0.15) is 43.3 Å². The summed E-state index contributed by atoms with van der Waals surface area (Å²) in [7, 11) is 0. The largest absolute Gasteiger partial charge is 0.300 e. The van der Waals surface area contributed by atoms with Gasteiger partial charge in [-0.2, -0.15) is 0 Å². The monoisotopic (exact) mass is 272 g/mol. The summed E-state index contributed by atoms with van der Waals surface area (Å²) in [4.78, 5) is 7.14. The van der Waals surface area contributed by atoms with Crippen LogP contribution in [0.4, 0.5) is 0 Å². The third-order valence-corrected chi connectivity index (χ3v) is 4.83. The number of aromatic nitrogens is 1. The van der Waals surface area contributed by atoms with Crippen molar-refractivity contribution in [2.24, 2.45) is 0 Å². The molecule has 4 heteroatoms. The van der Waals surface area contributed by atoms with Gasteiger partial charge >= 0.3 is 0 Å². The summed E-state index contributed by atoms with van der Waals surface area (Å²) >= 11 is 7.51. The smallest absolute Gasteiger partial charge is 0.0941 e. The molecule has 1 fully saturated rings. The van der Waals surface area contributed by atoms with Crippen LogP contribution in [0.15, 0.2) is 5.38 Å². The van der Waals surface area contributed by atoms with Crippen LogP contribution in [0.5, 0.6) is 0 Å². The van der Waals surface area contributed by atoms with E-state index in [-0.39, 0.29) is 0 Å². The van der Waals surface area contributed by atoms with Gasteiger partial charge in [-0.25, -0.2) is 4.98 Å². The van der Waals surface area contributed by atoms with Crippen molar-refractivity contribution < 1.29 is 0 Å². The number of hydrogen-bond acceptors (Lipinski definition) is 3. The van der Waals surface area contributed by atoms with Crippen LogP contribution in [-0.4, -0.2) is 29.0 Å². The first kappa shape index (κ1) is 13.3. The summed E-state index contributed by atoms with van der Waals surface area (Å²) < 4.78 is 0. The minimum atomic E-state index is 0.538. The van der Waals surface area contributed by atoms with Gasteiger partial charge in [-0.3, -0.25) is 0 Å². The Kier molecular flexibility index (Phi) is 5.26. The molecule has 0 unspecified atom stereocenters. The van der Waals surface area contributed by atoms with E-state index in [9.17, 15) is 0 Å². The van der Waals surface area contributed by atoms with E-state index < -0.39 is 0 Å². The highest BCUT2D eigenvalue weighted by molar-refractivity contribution is 7.09. The van der Waals surface area contributed by atoms with Crippen molar-refractivity contribution in [1.82, 2.24) is 9.88 Å². The highest BCUT2D eigenvalue weighted by Crippen LogP contribution is 2.23. The quantitative estimate of drug-likeness (QED) is 0.735. The summed E-state index contributed by atoms with van der Waals surface area (Å²) in [5, 5.41) is 3.31. The molecule has 1 aromatic heterocycles. The molecular weight excluding hydrogens is 252 g/mol. The molecule has 0 spiro atoms. The number of hydrogen-bond donors (Lipinski definition) is 0. The van der Waals surface area contributed by atoms with Crippen LogP contribution >= 0.6 is 22.9 Å². The van der Waals surface area contributed by atoms with E-state index in [0.717, 1.165) is 24.7 Å². The van der Waals surface area contributed by atoms with Gasteiger partial charge in [-0.15, -0.1) is 22.9 Å². The van der Waals surface area contributed by atoms with Crippen molar-refractivity contribution in [2.45, 2.75) is 50.9 Å². The van der Waals surface area contributed by atoms with Gasteiger partial charge in [0.2, 0.25) is 0 Å². The Morgan fingerprint density at radius 1 is 1.47 bits per heavy atom. The maximum Gasteiger partial charge on any atom is 0.0941 e. The summed E-state index contributed by atoms with van der Waals surface area (Å²) in [6.45, 7) is 4.58. The van der Waals surface area contributed by atoms with Gasteiger partial charge in [0.25, 0.3) is 0 Å². The predicted octanol–water partition coefficient (Wildman–Crippen LogP) is 3.69. The average Bonchev–Trinajstić information content (AvgIpc) is 3.00. The van der Waals surface area contributed by atoms with Crippen LogP contribution in [0.3, 0.4) is 0 Å². The van der Waals surface area contributed by atoms with Crippen LogP contribution in [0, 0.1) is 0 Å². The van der Waals surface area contributed by atoms with Gasteiger partial charge in [0.15, 0.2) is 0 Å². The summed E-state index contributed by atoms with van der Waals surface area (Å²) in [5.74, 6) is 0.538. The molecule has 1 aliphatic carbocycles. The van der Waals surface area contributed by atoms with Gasteiger partial charge in [-0.1, -0.05) is 19.8 Å². The number of nitrogens with zero attached hydrogens (tertiary/aromatic N) is 2. The first-order chi connectivity index (χ1) is 8.33. The van der Waals surface area contributed by atoms with Crippen molar-refractivity contribution in [3.8, 4) is 0 Å². The molecule has 0 amide bonds. The fraction of sp³-hybridized carbons (Fsp3) is 0.769. The fourth-order valence-electron chi connectivity index (χ4n) is 2.63. The lowest BCUT2D eigenvalue weighted by molar-refractivity contribution is 0.211. The third-order valence-electron chi connectivity index (χ3n) is 3.60. The number of thiazole rings is 1. The van der Waals surface area contributed by atoms with Crippen LogP contribution < -0.4 is 0 Å². The maximum atomic E-state index is 5.77. The molecule has 0 N–H and O–H groups in total. The molecule has 1 aromatic rings. The molecule has 2 nitrogen and oxygen atoms in total. The van der Waals surface area contributed by atoms with E-state index in [4.69, 9.17) is 11.6 Å². The Bertz CT molecular complexity index is 334. The SMILES string of the molecule is CCN(CCc1nc(CCl)cs1)C1CCCC1. The zero-order chi connectivity index (χ0) is 12.1. The minimum Gasteiger partial charge on any atom is -0.300 e. The second kappa shape index (κ2) is 6.72. The second-order valence-corrected chi connectivity index (χ2v) is 5.89. The van der Waals surface area contributed by atoms with Gasteiger partial charge in [0.1, 0.15) is 0 Å². The molecule has 0 radical (unpaired) electrons. The van der Waals surface area contributed by atoms with Crippen molar-refractivity contribution in [1.29, 1.82) is 0 Å². The second-order valence-electron chi connectivity index (χ2n) is 4.68. The van der Waals surface area contributed by atoms with E-state index in [2.05, 4.69) is 22.2 Å². The molecule has 96 valence electrons. The molecule has 0 saturated heterocycles. The first-order valence-corrected chi connectivity index (χ1v) is 7.98. The molecule has 0 aromatic carbocycles. The Hall–Kier alpha value is -0.120. The highest BCUT2D eigenvalue weighted by Gasteiger charge is 2.21. The lowest BCUT2D eigenvalue weighted by atomic mass is 10.2. The maximum absolute atomic E-state index is 5.77. The van der Waals surface area contributed by atoms with Crippen molar-refractivity contribution in [2.75, 3.05) is 13.1 Å². The first-order valence-electron chi connectivity index (χ1n) is 6.56. The molecule has 0 aliphatic heterocycles. The summed E-state index contributed by atoms with van der Waals surface area (Å²) in [5.41, 5.74) is 1.02. The van der Waals surface area contributed by atoms with Gasteiger partial charge in [0.05, 0.1) is 16.6 Å². The standard InChI is InChI=1S/C13H21ClN2S/c1-2-16(12-5-3-4-6-12)8-7-13-15-11(9-14)10-17-13/h10,12H,2-9H2,1H3. The highest BCUT2D eigenvalue weighted by atomic mass is 35.5. The molecule has 2 rings (SSSR count). The molecule has 1 saturated carbocycles. The Labute approximate surface area is 113 Å². The molecule has 1 heterocycles. The summed E-state index contributed by atoms with van der Waals surface area (Å²) in [6, 6.07) is 0.826. The Morgan fingerprint density at radius 3 is 2.82 bits per heavy atom. The average molecular weight is 273 g/mol. The lowest BCUT2D eigenvalue weighted by Gasteiger charge is -2.26. The van der Waals surface area contributed by atoms with E-state index in [0.29, 0.717) is 5.88 Å². The molecule has 17 heavy (non-hydrogen) atoms.